The van der Waals surface area contributed by atoms with Gasteiger partial charge in [-0.25, -0.2) is 0 Å². The highest BCUT2D eigenvalue weighted by atomic mass is 127. The molecule has 2 nitrogen and oxygen atoms in total. The summed E-state index contributed by atoms with van der Waals surface area (Å²) in [5.41, 5.74) is 1.18. The Kier molecular flexibility index (Phi) is 5.05. The van der Waals surface area contributed by atoms with Crippen molar-refractivity contribution < 1.29 is 9.53 Å². The van der Waals surface area contributed by atoms with Gasteiger partial charge in [0.05, 0.1) is 11.1 Å². The lowest BCUT2D eigenvalue weighted by atomic mass is 10.0. The van der Waals surface area contributed by atoms with Crippen LogP contribution >= 0.6 is 34.2 Å². The van der Waals surface area contributed by atoms with Gasteiger partial charge in [-0.3, -0.25) is 4.79 Å². The standard InChI is InChI=1S/C16H14ClIO2/c1-10(2)20-13-5-3-4-11(8-13)16(19)12-6-7-15(18)14(17)9-12/h3-10H,1-2H3. The quantitative estimate of drug-likeness (QED) is 0.535. The van der Waals surface area contributed by atoms with E-state index in [0.717, 1.165) is 3.57 Å². The van der Waals surface area contributed by atoms with Crippen molar-refractivity contribution in [1.82, 2.24) is 0 Å². The van der Waals surface area contributed by atoms with Crippen molar-refractivity contribution in [3.8, 4) is 5.75 Å². The van der Waals surface area contributed by atoms with Gasteiger partial charge < -0.3 is 4.74 Å². The minimum atomic E-state index is -0.0579. The second kappa shape index (κ2) is 6.59. The zero-order chi connectivity index (χ0) is 14.7. The molecule has 104 valence electrons. The normalized spacial score (nSPS) is 10.7. The van der Waals surface area contributed by atoms with Gasteiger partial charge in [-0.1, -0.05) is 23.7 Å². The van der Waals surface area contributed by atoms with E-state index in [4.69, 9.17) is 16.3 Å². The molecule has 0 spiro atoms. The van der Waals surface area contributed by atoms with E-state index in [0.29, 0.717) is 21.9 Å². The molecule has 0 unspecified atom stereocenters. The number of hydrogen-bond donors (Lipinski definition) is 0. The van der Waals surface area contributed by atoms with Gasteiger partial charge in [0.15, 0.2) is 5.78 Å². The van der Waals surface area contributed by atoms with Crippen molar-refractivity contribution in [3.05, 3.63) is 62.2 Å². The minimum absolute atomic E-state index is 0.0579. The Labute approximate surface area is 137 Å². The third kappa shape index (κ3) is 3.73. The molecule has 0 N–H and O–H groups in total. The summed E-state index contributed by atoms with van der Waals surface area (Å²) in [6, 6.07) is 12.5. The van der Waals surface area contributed by atoms with E-state index in [1.807, 2.05) is 32.0 Å². The van der Waals surface area contributed by atoms with E-state index >= 15 is 0 Å². The van der Waals surface area contributed by atoms with E-state index in [9.17, 15) is 4.79 Å². The zero-order valence-electron chi connectivity index (χ0n) is 11.2. The lowest BCUT2D eigenvalue weighted by Gasteiger charge is -2.10. The van der Waals surface area contributed by atoms with Crippen molar-refractivity contribution in [3.63, 3.8) is 0 Å². The highest BCUT2D eigenvalue weighted by molar-refractivity contribution is 14.1. The largest absolute Gasteiger partial charge is 0.491 e. The second-order valence-electron chi connectivity index (χ2n) is 4.65. The molecule has 0 aromatic heterocycles. The Balaban J connectivity index is 2.30. The fraction of sp³-hybridized carbons (Fsp3) is 0.188. The third-order valence-electron chi connectivity index (χ3n) is 2.65. The Bertz CT molecular complexity index is 638. The fourth-order valence-corrected chi connectivity index (χ4v) is 2.30. The SMILES string of the molecule is CC(C)Oc1cccc(C(=O)c2ccc(I)c(Cl)c2)c1. The Morgan fingerprint density at radius 2 is 1.85 bits per heavy atom. The number of benzene rings is 2. The van der Waals surface area contributed by atoms with E-state index in [-0.39, 0.29) is 11.9 Å². The van der Waals surface area contributed by atoms with Crippen molar-refractivity contribution in [1.29, 1.82) is 0 Å². The first kappa shape index (κ1) is 15.3. The first-order valence-electron chi connectivity index (χ1n) is 6.24. The highest BCUT2D eigenvalue weighted by Crippen LogP contribution is 2.23. The molecular weight excluding hydrogens is 387 g/mol. The van der Waals surface area contributed by atoms with Gasteiger partial charge in [0.25, 0.3) is 0 Å². The number of ketones is 1. The summed E-state index contributed by atoms with van der Waals surface area (Å²) >= 11 is 8.20. The van der Waals surface area contributed by atoms with E-state index < -0.39 is 0 Å². The van der Waals surface area contributed by atoms with Crippen molar-refractivity contribution in [2.75, 3.05) is 0 Å². The maximum atomic E-state index is 12.4. The van der Waals surface area contributed by atoms with Gasteiger partial charge in [0.1, 0.15) is 5.75 Å². The summed E-state index contributed by atoms with van der Waals surface area (Å²) in [6.45, 7) is 3.90. The van der Waals surface area contributed by atoms with Crippen LogP contribution in [-0.4, -0.2) is 11.9 Å². The molecular formula is C16H14ClIO2. The number of hydrogen-bond acceptors (Lipinski definition) is 2. The van der Waals surface area contributed by atoms with Gasteiger partial charge >= 0.3 is 0 Å². The van der Waals surface area contributed by atoms with Crippen molar-refractivity contribution in [2.24, 2.45) is 0 Å². The Morgan fingerprint density at radius 1 is 1.15 bits per heavy atom. The monoisotopic (exact) mass is 400 g/mol. The topological polar surface area (TPSA) is 26.3 Å². The van der Waals surface area contributed by atoms with Crippen LogP contribution in [0.2, 0.25) is 5.02 Å². The molecule has 0 bridgehead atoms. The average molecular weight is 401 g/mol. The molecule has 2 aromatic carbocycles. The lowest BCUT2D eigenvalue weighted by Crippen LogP contribution is -2.07. The molecule has 0 aliphatic rings. The molecule has 0 aliphatic heterocycles. The third-order valence-corrected chi connectivity index (χ3v) is 4.22. The summed E-state index contributed by atoms with van der Waals surface area (Å²) < 4.78 is 6.53. The molecule has 2 rings (SSSR count). The van der Waals surface area contributed by atoms with Gasteiger partial charge in [-0.15, -0.1) is 0 Å². The van der Waals surface area contributed by atoms with Crippen LogP contribution in [0.5, 0.6) is 5.75 Å². The Hall–Kier alpha value is -1.07. The van der Waals surface area contributed by atoms with Gasteiger partial charge in [0.2, 0.25) is 0 Å². The summed E-state index contributed by atoms with van der Waals surface area (Å²) in [4.78, 5) is 12.4. The summed E-state index contributed by atoms with van der Waals surface area (Å²) in [5, 5.41) is 0.589. The van der Waals surface area contributed by atoms with Crippen LogP contribution in [-0.2, 0) is 0 Å². The predicted molar refractivity (Wildman–Crippen MR) is 89.8 cm³/mol. The van der Waals surface area contributed by atoms with E-state index in [2.05, 4.69) is 22.6 Å². The first-order chi connectivity index (χ1) is 9.47. The summed E-state index contributed by atoms with van der Waals surface area (Å²) in [5.74, 6) is 0.639. The van der Waals surface area contributed by atoms with Gasteiger partial charge in [-0.2, -0.15) is 0 Å². The van der Waals surface area contributed by atoms with Crippen LogP contribution in [0.25, 0.3) is 0 Å². The van der Waals surface area contributed by atoms with E-state index in [1.165, 1.54) is 0 Å². The average Bonchev–Trinajstić information content (AvgIpc) is 2.40. The maximum absolute atomic E-state index is 12.4. The zero-order valence-corrected chi connectivity index (χ0v) is 14.1. The number of carbonyl (C=O) groups is 1. The first-order valence-corrected chi connectivity index (χ1v) is 7.69. The molecule has 2 aromatic rings. The molecule has 0 fully saturated rings. The maximum Gasteiger partial charge on any atom is 0.193 e. The molecule has 4 heteroatoms. The molecule has 0 heterocycles. The Morgan fingerprint density at radius 3 is 2.50 bits per heavy atom. The fourth-order valence-electron chi connectivity index (χ4n) is 1.79. The summed E-state index contributed by atoms with van der Waals surface area (Å²) in [7, 11) is 0. The molecule has 0 saturated heterocycles. The molecule has 0 atom stereocenters. The second-order valence-corrected chi connectivity index (χ2v) is 6.22. The van der Waals surface area contributed by atoms with Crippen LogP contribution in [0.3, 0.4) is 0 Å². The van der Waals surface area contributed by atoms with Crippen LogP contribution in [0, 0.1) is 3.57 Å². The highest BCUT2D eigenvalue weighted by Gasteiger charge is 2.11. The molecule has 0 saturated carbocycles. The molecule has 0 amide bonds. The van der Waals surface area contributed by atoms with Crippen LogP contribution in [0.4, 0.5) is 0 Å². The number of ether oxygens (including phenoxy) is 1. The number of halogens is 2. The minimum Gasteiger partial charge on any atom is -0.491 e. The predicted octanol–water partition coefficient (Wildman–Crippen LogP) is 4.96. The van der Waals surface area contributed by atoms with Crippen LogP contribution in [0.15, 0.2) is 42.5 Å². The number of carbonyl (C=O) groups excluding carboxylic acids is 1. The smallest absolute Gasteiger partial charge is 0.193 e. The molecule has 0 radical (unpaired) electrons. The van der Waals surface area contributed by atoms with Crippen molar-refractivity contribution >= 4 is 40.0 Å². The van der Waals surface area contributed by atoms with E-state index in [1.54, 1.807) is 24.3 Å². The van der Waals surface area contributed by atoms with Crippen LogP contribution < -0.4 is 4.74 Å². The lowest BCUT2D eigenvalue weighted by molar-refractivity contribution is 0.103. The van der Waals surface area contributed by atoms with Crippen LogP contribution in [0.1, 0.15) is 29.8 Å². The van der Waals surface area contributed by atoms with Gasteiger partial charge in [0, 0.05) is 14.7 Å². The van der Waals surface area contributed by atoms with Crippen molar-refractivity contribution in [2.45, 2.75) is 20.0 Å². The van der Waals surface area contributed by atoms with Gasteiger partial charge in [-0.05, 0) is 66.8 Å². The summed E-state index contributed by atoms with van der Waals surface area (Å²) in [6.07, 6.45) is 0.0769. The molecule has 0 aliphatic carbocycles. The molecule has 20 heavy (non-hydrogen) atoms. The number of rotatable bonds is 4.